The number of nitrogens with two attached hydrogens (primary N) is 2. The predicted molar refractivity (Wildman–Crippen MR) is 78.6 cm³/mol. The van der Waals surface area contributed by atoms with Gasteiger partial charge in [0.2, 0.25) is 0 Å². The van der Waals surface area contributed by atoms with Crippen LogP contribution in [0.1, 0.15) is 38.3 Å². The maximum atomic E-state index is 6.03. The van der Waals surface area contributed by atoms with E-state index in [-0.39, 0.29) is 11.6 Å². The minimum absolute atomic E-state index is 0.114. The molecule has 2 heterocycles. The number of hydrogen-bond acceptors (Lipinski definition) is 5. The maximum absolute atomic E-state index is 6.03. The van der Waals surface area contributed by atoms with Crippen LogP contribution in [0.15, 0.2) is 12.3 Å². The van der Waals surface area contributed by atoms with Gasteiger partial charge in [-0.1, -0.05) is 11.6 Å². The molecule has 106 valence electrons. The van der Waals surface area contributed by atoms with E-state index in [1.165, 1.54) is 12.8 Å². The van der Waals surface area contributed by atoms with Crippen molar-refractivity contribution in [3.63, 3.8) is 0 Å². The second-order valence-electron chi connectivity index (χ2n) is 5.58. The number of halogens is 1. The van der Waals surface area contributed by atoms with Crippen molar-refractivity contribution in [1.82, 2.24) is 15.3 Å². The van der Waals surface area contributed by atoms with Crippen molar-refractivity contribution in [2.75, 3.05) is 18.8 Å². The van der Waals surface area contributed by atoms with Crippen molar-refractivity contribution in [1.29, 1.82) is 0 Å². The van der Waals surface area contributed by atoms with Crippen LogP contribution in [-0.4, -0.2) is 28.5 Å². The first-order chi connectivity index (χ1) is 8.96. The molecule has 0 radical (unpaired) electrons. The molecule has 1 fully saturated rings. The standard InChI is InChI=1S/C13H22ClN5/c1-13(2,19-5-3-4-6-19)11(18-16)10-7-9(14)8-17-12(10)15/h7-8,11,18H,3-6,16H2,1-2H3,(H2,15,17). The molecule has 1 aromatic heterocycles. The van der Waals surface area contributed by atoms with E-state index in [4.69, 9.17) is 23.2 Å². The number of aromatic nitrogens is 1. The van der Waals surface area contributed by atoms with Gasteiger partial charge in [0, 0.05) is 17.3 Å². The van der Waals surface area contributed by atoms with Crippen molar-refractivity contribution in [3.05, 3.63) is 22.8 Å². The third-order valence-corrected chi connectivity index (χ3v) is 4.23. The third-order valence-electron chi connectivity index (χ3n) is 4.02. The Morgan fingerprint density at radius 2 is 2.05 bits per heavy atom. The summed E-state index contributed by atoms with van der Waals surface area (Å²) in [5.74, 6) is 6.25. The molecule has 2 rings (SSSR count). The van der Waals surface area contributed by atoms with Gasteiger partial charge in [-0.15, -0.1) is 0 Å². The monoisotopic (exact) mass is 283 g/mol. The molecular formula is C13H22ClN5. The summed E-state index contributed by atoms with van der Waals surface area (Å²) < 4.78 is 0. The summed E-state index contributed by atoms with van der Waals surface area (Å²) in [6.45, 7) is 6.50. The van der Waals surface area contributed by atoms with Gasteiger partial charge in [-0.25, -0.2) is 4.98 Å². The first kappa shape index (κ1) is 14.5. The Morgan fingerprint density at radius 1 is 1.42 bits per heavy atom. The Labute approximate surface area is 119 Å². The van der Waals surface area contributed by atoms with Gasteiger partial charge < -0.3 is 5.73 Å². The van der Waals surface area contributed by atoms with Gasteiger partial charge in [0.15, 0.2) is 0 Å². The number of anilines is 1. The fourth-order valence-corrected chi connectivity index (χ4v) is 3.01. The first-order valence-corrected chi connectivity index (χ1v) is 6.96. The second-order valence-corrected chi connectivity index (χ2v) is 6.01. The van der Waals surface area contributed by atoms with Crippen LogP contribution in [0.2, 0.25) is 5.02 Å². The minimum Gasteiger partial charge on any atom is -0.383 e. The van der Waals surface area contributed by atoms with E-state index in [0.717, 1.165) is 18.7 Å². The van der Waals surface area contributed by atoms with E-state index in [1.807, 2.05) is 6.07 Å². The number of hydrazine groups is 1. The van der Waals surface area contributed by atoms with Crippen molar-refractivity contribution in [2.45, 2.75) is 38.3 Å². The summed E-state index contributed by atoms with van der Waals surface area (Å²) in [7, 11) is 0. The lowest BCUT2D eigenvalue weighted by atomic mass is 9.87. The second kappa shape index (κ2) is 5.63. The average Bonchev–Trinajstić information content (AvgIpc) is 2.88. The molecule has 5 nitrogen and oxygen atoms in total. The fourth-order valence-electron chi connectivity index (χ4n) is 2.85. The molecule has 1 aromatic rings. The molecular weight excluding hydrogens is 262 g/mol. The highest BCUT2D eigenvalue weighted by atomic mass is 35.5. The molecule has 0 aliphatic carbocycles. The molecule has 0 saturated carbocycles. The summed E-state index contributed by atoms with van der Waals surface area (Å²) in [6, 6.07) is 1.73. The lowest BCUT2D eigenvalue weighted by Crippen LogP contribution is -2.53. The van der Waals surface area contributed by atoms with Crippen molar-refractivity contribution in [2.24, 2.45) is 5.84 Å². The van der Waals surface area contributed by atoms with Gasteiger partial charge in [0.25, 0.3) is 0 Å². The van der Waals surface area contributed by atoms with Crippen LogP contribution in [0.25, 0.3) is 0 Å². The van der Waals surface area contributed by atoms with E-state index in [2.05, 4.69) is 29.2 Å². The lowest BCUT2D eigenvalue weighted by molar-refractivity contribution is 0.107. The molecule has 1 unspecified atom stereocenters. The Hall–Kier alpha value is -0.880. The lowest BCUT2D eigenvalue weighted by Gasteiger charge is -2.42. The molecule has 1 aliphatic rings. The predicted octanol–water partition coefficient (Wildman–Crippen LogP) is 1.70. The maximum Gasteiger partial charge on any atom is 0.128 e. The molecule has 1 atom stereocenters. The number of nitrogens with one attached hydrogen (secondary N) is 1. The van der Waals surface area contributed by atoms with Crippen LogP contribution in [-0.2, 0) is 0 Å². The number of pyridine rings is 1. The number of likely N-dealkylation sites (tertiary alicyclic amines) is 1. The fraction of sp³-hybridized carbons (Fsp3) is 0.615. The normalized spacial score (nSPS) is 18.7. The third kappa shape index (κ3) is 2.84. The smallest absolute Gasteiger partial charge is 0.128 e. The first-order valence-electron chi connectivity index (χ1n) is 6.59. The van der Waals surface area contributed by atoms with Gasteiger partial charge in [0.05, 0.1) is 11.1 Å². The van der Waals surface area contributed by atoms with Crippen LogP contribution < -0.4 is 17.0 Å². The van der Waals surface area contributed by atoms with E-state index in [9.17, 15) is 0 Å². The minimum atomic E-state index is -0.147. The highest BCUT2D eigenvalue weighted by Gasteiger charge is 2.38. The summed E-state index contributed by atoms with van der Waals surface area (Å²) >= 11 is 6.03. The molecule has 0 aromatic carbocycles. The van der Waals surface area contributed by atoms with Gasteiger partial charge >= 0.3 is 0 Å². The Balaban J connectivity index is 2.35. The Morgan fingerprint density at radius 3 is 2.63 bits per heavy atom. The van der Waals surface area contributed by atoms with E-state index < -0.39 is 0 Å². The van der Waals surface area contributed by atoms with Crippen LogP contribution in [0, 0.1) is 0 Å². The van der Waals surface area contributed by atoms with Crippen LogP contribution >= 0.6 is 11.6 Å². The van der Waals surface area contributed by atoms with E-state index in [1.54, 1.807) is 6.20 Å². The molecule has 1 saturated heterocycles. The van der Waals surface area contributed by atoms with Gasteiger partial charge in [-0.05, 0) is 45.8 Å². The van der Waals surface area contributed by atoms with Crippen molar-refractivity contribution >= 4 is 17.4 Å². The summed E-state index contributed by atoms with van der Waals surface area (Å²) in [4.78, 5) is 6.55. The average molecular weight is 284 g/mol. The highest BCUT2D eigenvalue weighted by molar-refractivity contribution is 6.30. The summed E-state index contributed by atoms with van der Waals surface area (Å²) in [5, 5.41) is 0.571. The Bertz CT molecular complexity index is 443. The summed E-state index contributed by atoms with van der Waals surface area (Å²) in [6.07, 6.45) is 4.00. The number of nitrogens with zero attached hydrogens (tertiary/aromatic N) is 2. The van der Waals surface area contributed by atoms with Gasteiger partial charge in [0.1, 0.15) is 5.82 Å². The van der Waals surface area contributed by atoms with Gasteiger partial charge in [-0.3, -0.25) is 16.2 Å². The van der Waals surface area contributed by atoms with E-state index >= 15 is 0 Å². The zero-order valence-electron chi connectivity index (χ0n) is 11.5. The van der Waals surface area contributed by atoms with E-state index in [0.29, 0.717) is 10.8 Å². The van der Waals surface area contributed by atoms with Crippen molar-refractivity contribution < 1.29 is 0 Å². The number of nitrogen functional groups attached to an aromatic ring is 1. The van der Waals surface area contributed by atoms with Crippen LogP contribution in [0.5, 0.6) is 0 Å². The molecule has 5 N–H and O–H groups in total. The molecule has 19 heavy (non-hydrogen) atoms. The van der Waals surface area contributed by atoms with Crippen LogP contribution in [0.3, 0.4) is 0 Å². The zero-order valence-corrected chi connectivity index (χ0v) is 12.2. The molecule has 1 aliphatic heterocycles. The van der Waals surface area contributed by atoms with Gasteiger partial charge in [-0.2, -0.15) is 0 Å². The molecule has 0 amide bonds. The highest BCUT2D eigenvalue weighted by Crippen LogP contribution is 2.35. The zero-order chi connectivity index (χ0) is 14.0. The molecule has 0 spiro atoms. The number of rotatable bonds is 4. The largest absolute Gasteiger partial charge is 0.383 e. The topological polar surface area (TPSA) is 80.2 Å². The molecule has 0 bridgehead atoms. The SMILES string of the molecule is CC(C)(C(NN)c1cc(Cl)cnc1N)N1CCCC1. The Kier molecular flexibility index (Phi) is 4.30. The van der Waals surface area contributed by atoms with Crippen molar-refractivity contribution in [3.8, 4) is 0 Å². The number of hydrogen-bond donors (Lipinski definition) is 3. The quantitative estimate of drug-likeness (QED) is 0.579. The van der Waals surface area contributed by atoms with Crippen LogP contribution in [0.4, 0.5) is 5.82 Å². The summed E-state index contributed by atoms with van der Waals surface area (Å²) in [5.41, 5.74) is 9.57. The molecule has 6 heteroatoms.